The van der Waals surface area contributed by atoms with Crippen molar-refractivity contribution in [3.63, 3.8) is 0 Å². The van der Waals surface area contributed by atoms with Crippen LogP contribution in [0, 0.1) is 17.8 Å². The van der Waals surface area contributed by atoms with Crippen molar-refractivity contribution in [2.75, 3.05) is 18.5 Å². The summed E-state index contributed by atoms with van der Waals surface area (Å²) in [6.07, 6.45) is 3.84. The Labute approximate surface area is 178 Å². The Morgan fingerprint density at radius 2 is 1.93 bits per heavy atom. The molecule has 1 aromatic rings. The van der Waals surface area contributed by atoms with Gasteiger partial charge in [0.25, 0.3) is 0 Å². The number of nitrogens with zero attached hydrogens (tertiary/aromatic N) is 2. The number of para-hydroxylation sites is 1. The smallest absolute Gasteiger partial charge is 0.194 e. The summed E-state index contributed by atoms with van der Waals surface area (Å²) >= 11 is 0. The van der Waals surface area contributed by atoms with Crippen LogP contribution >= 0.6 is 0 Å². The van der Waals surface area contributed by atoms with Crippen LogP contribution in [0.5, 0.6) is 0 Å². The Kier molecular flexibility index (Phi) is 4.12. The first-order valence-corrected chi connectivity index (χ1v) is 11.1. The Morgan fingerprint density at radius 1 is 1.18 bits per heavy atom. The number of hydrogen-bond donors (Lipinski definition) is 2. The molecule has 1 aliphatic carbocycles. The van der Waals surface area contributed by atoms with Crippen molar-refractivity contribution in [3.8, 4) is 0 Å². The summed E-state index contributed by atoms with van der Waals surface area (Å²) in [6.45, 7) is 5.56. The second-order valence-corrected chi connectivity index (χ2v) is 10.1. The third-order valence-corrected chi connectivity index (χ3v) is 9.73. The Bertz CT molecular complexity index is 805. The number of benzene rings is 1. The predicted octanol–water partition coefficient (Wildman–Crippen LogP) is -0.517. The fourth-order valence-corrected chi connectivity index (χ4v) is 9.23. The predicted molar refractivity (Wildman–Crippen MR) is 105 cm³/mol. The van der Waals surface area contributed by atoms with E-state index in [4.69, 9.17) is 0 Å². The summed E-state index contributed by atoms with van der Waals surface area (Å²) in [7, 11) is 2.23. The molecule has 0 amide bonds. The van der Waals surface area contributed by atoms with E-state index in [2.05, 4.69) is 50.1 Å². The molecule has 0 radical (unpaired) electrons. The lowest BCUT2D eigenvalue weighted by Gasteiger charge is -2.68. The molecule has 1 saturated carbocycles. The van der Waals surface area contributed by atoms with Crippen LogP contribution in [-0.4, -0.2) is 58.7 Å². The van der Waals surface area contributed by atoms with Gasteiger partial charge in [0.1, 0.15) is 6.04 Å². The van der Waals surface area contributed by atoms with Gasteiger partial charge in [-0.1, -0.05) is 32.0 Å². The summed E-state index contributed by atoms with van der Waals surface area (Å²) in [4.78, 5) is 2.48. The van der Waals surface area contributed by atoms with Gasteiger partial charge in [0.15, 0.2) is 6.23 Å². The van der Waals surface area contributed by atoms with Gasteiger partial charge in [-0.25, -0.2) is 0 Å². The number of rotatable bonds is 3. The van der Waals surface area contributed by atoms with E-state index in [1.54, 1.807) is 0 Å². The minimum Gasteiger partial charge on any atom is -1.00 e. The quantitative estimate of drug-likeness (QED) is 0.611. The van der Waals surface area contributed by atoms with E-state index < -0.39 is 0 Å². The first-order chi connectivity index (χ1) is 13.0. The maximum Gasteiger partial charge on any atom is 0.194 e. The maximum absolute atomic E-state index is 11.9. The average molecular weight is 449 g/mol. The van der Waals surface area contributed by atoms with Crippen molar-refractivity contribution in [2.24, 2.45) is 17.8 Å². The number of anilines is 1. The molecule has 7 rings (SSSR count). The summed E-state index contributed by atoms with van der Waals surface area (Å²) in [6, 6.07) is 9.97. The van der Waals surface area contributed by atoms with Crippen molar-refractivity contribution >= 4 is 5.69 Å². The molecule has 5 heteroatoms. The highest BCUT2D eigenvalue weighted by atomic mass is 79.9. The molecule has 0 aromatic heterocycles. The Hall–Kier alpha value is -0.620. The van der Waals surface area contributed by atoms with Gasteiger partial charge in [-0.3, -0.25) is 4.48 Å². The zero-order chi connectivity index (χ0) is 18.7. The monoisotopic (exact) mass is 448 g/mol. The second-order valence-electron chi connectivity index (χ2n) is 10.1. The number of fused-ring (bicyclic) bond motifs is 2. The van der Waals surface area contributed by atoms with Gasteiger partial charge in [-0.05, 0) is 30.4 Å². The van der Waals surface area contributed by atoms with Crippen LogP contribution in [0.4, 0.5) is 5.69 Å². The molecule has 4 unspecified atom stereocenters. The Morgan fingerprint density at radius 3 is 2.64 bits per heavy atom. The van der Waals surface area contributed by atoms with Crippen LogP contribution in [0.2, 0.25) is 0 Å². The molecular weight excluding hydrogens is 416 g/mol. The molecule has 1 aromatic carbocycles. The molecule has 4 saturated heterocycles. The fraction of sp³-hybridized carbons (Fsp3) is 0.739. The van der Waals surface area contributed by atoms with E-state index in [0.29, 0.717) is 35.9 Å². The molecule has 6 aliphatic rings. The third kappa shape index (κ3) is 1.73. The van der Waals surface area contributed by atoms with E-state index >= 15 is 0 Å². The molecule has 2 N–H and O–H groups in total. The lowest BCUT2D eigenvalue weighted by atomic mass is 9.60. The van der Waals surface area contributed by atoms with Crippen molar-refractivity contribution < 1.29 is 31.7 Å². The van der Waals surface area contributed by atoms with E-state index in [9.17, 15) is 10.2 Å². The van der Waals surface area contributed by atoms with Gasteiger partial charge in [0.05, 0.1) is 30.1 Å². The molecule has 4 nitrogen and oxygen atoms in total. The number of aliphatic hydroxyl groups is 2. The summed E-state index contributed by atoms with van der Waals surface area (Å²) in [5.74, 6) is 1.18. The normalized spacial score (nSPS) is 51.8. The Balaban J connectivity index is 0.00000171. The van der Waals surface area contributed by atoms with Crippen LogP contribution in [0.1, 0.15) is 45.1 Å². The number of likely N-dealkylation sites (N-methyl/N-ethyl adjacent to an activating group) is 1. The van der Waals surface area contributed by atoms with Crippen LogP contribution in [0.3, 0.4) is 0 Å². The van der Waals surface area contributed by atoms with Gasteiger partial charge < -0.3 is 32.1 Å². The lowest BCUT2D eigenvalue weighted by molar-refractivity contribution is -1.04. The van der Waals surface area contributed by atoms with Crippen molar-refractivity contribution in [1.82, 2.24) is 0 Å². The standard InChI is InChI=1S/C23H33N2O2.BrH/c1-4-10-25-17-11-14(13(5-2)22(25)27)19-18(25)12-23(21(19)26)15-8-6-7-9-16(15)24(3)20(17)23;/h6-9,13-14,17-22,26-27H,4-5,10-12H2,1-3H3;1H/q+1;/p-1/t13-,14-,17?,18-,19?,20-,21?,22+,23+,25?;/m0./s1. The van der Waals surface area contributed by atoms with Crippen LogP contribution in [0.25, 0.3) is 0 Å². The van der Waals surface area contributed by atoms with Gasteiger partial charge in [0, 0.05) is 37.4 Å². The number of aliphatic hydroxyl groups excluding tert-OH is 2. The van der Waals surface area contributed by atoms with Crippen molar-refractivity contribution in [1.29, 1.82) is 0 Å². The molecule has 28 heavy (non-hydrogen) atoms. The van der Waals surface area contributed by atoms with E-state index in [0.717, 1.165) is 30.3 Å². The number of hydrogen-bond acceptors (Lipinski definition) is 3. The molecule has 5 bridgehead atoms. The highest BCUT2D eigenvalue weighted by Gasteiger charge is 2.82. The molecular formula is C23H33BrN2O2. The van der Waals surface area contributed by atoms with Crippen LogP contribution in [-0.2, 0) is 5.41 Å². The summed E-state index contributed by atoms with van der Waals surface area (Å²) in [5.41, 5.74) is 2.56. The molecule has 1 spiro atoms. The average Bonchev–Trinajstić information content (AvgIpc) is 3.06. The minimum absolute atomic E-state index is 0. The number of quaternary nitrogens is 1. The fourth-order valence-electron chi connectivity index (χ4n) is 9.23. The highest BCUT2D eigenvalue weighted by Crippen LogP contribution is 2.71. The van der Waals surface area contributed by atoms with Crippen LogP contribution < -0.4 is 21.9 Å². The number of piperidine rings is 4. The van der Waals surface area contributed by atoms with Gasteiger partial charge in [-0.2, -0.15) is 0 Å². The van der Waals surface area contributed by atoms with Gasteiger partial charge in [-0.15, -0.1) is 0 Å². The van der Waals surface area contributed by atoms with Crippen molar-refractivity contribution in [2.45, 2.75) is 75.4 Å². The molecule has 5 fully saturated rings. The van der Waals surface area contributed by atoms with Crippen molar-refractivity contribution in [3.05, 3.63) is 29.8 Å². The third-order valence-electron chi connectivity index (χ3n) is 9.73. The zero-order valence-electron chi connectivity index (χ0n) is 17.1. The molecule has 154 valence electrons. The van der Waals surface area contributed by atoms with E-state index in [1.807, 2.05) is 0 Å². The van der Waals surface area contributed by atoms with Gasteiger partial charge >= 0.3 is 0 Å². The van der Waals surface area contributed by atoms with Gasteiger partial charge in [0.2, 0.25) is 0 Å². The first kappa shape index (κ1) is 19.3. The summed E-state index contributed by atoms with van der Waals surface area (Å²) in [5, 5.41) is 23.6. The summed E-state index contributed by atoms with van der Waals surface area (Å²) < 4.78 is 0.873. The molecule has 5 aliphatic heterocycles. The molecule has 5 heterocycles. The highest BCUT2D eigenvalue weighted by molar-refractivity contribution is 5.66. The SMILES string of the molecule is CCC[N+]12C3C[C@H](C4C(O)[C@]5(C[C@@H]41)c1ccccc1N(C)[C@@H]35)[C@H](CC)[C@H]2O.[Br-]. The number of halogens is 1. The lowest BCUT2D eigenvalue weighted by Crippen LogP contribution is -3.00. The maximum atomic E-state index is 11.9. The first-order valence-electron chi connectivity index (χ1n) is 11.1. The second kappa shape index (κ2) is 5.96. The molecule has 10 atom stereocenters. The topological polar surface area (TPSA) is 43.7 Å². The zero-order valence-corrected chi connectivity index (χ0v) is 18.7. The van der Waals surface area contributed by atoms with E-state index in [1.165, 1.54) is 17.7 Å². The largest absolute Gasteiger partial charge is 1.00 e. The minimum atomic E-state index is -0.271. The van der Waals surface area contributed by atoms with E-state index in [-0.39, 0.29) is 34.7 Å². The van der Waals surface area contributed by atoms with Crippen LogP contribution in [0.15, 0.2) is 24.3 Å².